The van der Waals surface area contributed by atoms with E-state index in [1.54, 1.807) is 24.3 Å². The zero-order valence-electron chi connectivity index (χ0n) is 20.2. The Labute approximate surface area is 225 Å². The first-order valence-electron chi connectivity index (χ1n) is 12.4. The van der Waals surface area contributed by atoms with Crippen molar-refractivity contribution in [1.82, 2.24) is 35.5 Å². The first-order chi connectivity index (χ1) is 18.1. The normalized spacial score (nSPS) is 16.4. The number of halogens is 2. The van der Waals surface area contributed by atoms with Gasteiger partial charge in [0.1, 0.15) is 23.0 Å². The Morgan fingerprint density at radius 1 is 1.08 bits per heavy atom. The number of benzene rings is 2. The van der Waals surface area contributed by atoms with Gasteiger partial charge in [0.25, 0.3) is 0 Å². The summed E-state index contributed by atoms with van der Waals surface area (Å²) in [7, 11) is 0. The summed E-state index contributed by atoms with van der Waals surface area (Å²) < 4.78 is 1.52. The Morgan fingerprint density at radius 3 is 2.78 bits per heavy atom. The molecule has 0 radical (unpaired) electrons. The lowest BCUT2D eigenvalue weighted by Crippen LogP contribution is -2.27. The number of nitrogens with one attached hydrogen (secondary N) is 2. The Hall–Kier alpha value is -3.49. The fraction of sp³-hybridized carbons (Fsp3) is 0.296. The topological polar surface area (TPSA) is 101 Å². The van der Waals surface area contributed by atoms with E-state index in [2.05, 4.69) is 44.0 Å². The number of hydrogen-bond acceptors (Lipinski definition) is 5. The number of imidazole rings is 1. The summed E-state index contributed by atoms with van der Waals surface area (Å²) in [5, 5.41) is 15.5. The molecule has 4 aromatic rings. The number of carbonyl (C=O) groups excluding carboxylic acids is 1. The van der Waals surface area contributed by atoms with Crippen LogP contribution in [0.3, 0.4) is 0 Å². The summed E-state index contributed by atoms with van der Waals surface area (Å²) in [6.07, 6.45) is 12.0. The van der Waals surface area contributed by atoms with E-state index in [0.717, 1.165) is 43.4 Å². The van der Waals surface area contributed by atoms with E-state index in [1.807, 2.05) is 6.07 Å². The number of aromatic nitrogens is 6. The molecule has 2 aromatic heterocycles. The fourth-order valence-corrected chi connectivity index (χ4v) is 5.10. The minimum Gasteiger partial charge on any atom is -0.343 e. The molecule has 5 rings (SSSR count). The van der Waals surface area contributed by atoms with E-state index >= 15 is 0 Å². The van der Waals surface area contributed by atoms with Gasteiger partial charge in [-0.05, 0) is 59.5 Å². The quantitative estimate of drug-likeness (QED) is 0.306. The molecule has 2 N–H and O–H groups in total. The van der Waals surface area contributed by atoms with Crippen molar-refractivity contribution in [2.75, 3.05) is 0 Å². The van der Waals surface area contributed by atoms with Gasteiger partial charge in [0.05, 0.1) is 11.7 Å². The second-order valence-electron chi connectivity index (χ2n) is 9.10. The molecule has 0 saturated carbocycles. The first-order valence-corrected chi connectivity index (χ1v) is 13.2. The molecule has 1 aliphatic heterocycles. The maximum Gasteiger partial charge on any atom is 0.244 e. The summed E-state index contributed by atoms with van der Waals surface area (Å²) in [4.78, 5) is 21.1. The van der Waals surface area contributed by atoms with Crippen LogP contribution in [0.2, 0.25) is 10.2 Å². The van der Waals surface area contributed by atoms with Crippen LogP contribution in [0.1, 0.15) is 61.5 Å². The Morgan fingerprint density at radius 2 is 1.92 bits per heavy atom. The number of nitrogens with zero attached hydrogens (tertiary/aromatic N) is 5. The summed E-state index contributed by atoms with van der Waals surface area (Å²) in [5.74, 6) is 0.416. The van der Waals surface area contributed by atoms with Gasteiger partial charge >= 0.3 is 0 Å². The fourth-order valence-electron chi connectivity index (χ4n) is 4.68. The van der Waals surface area contributed by atoms with Gasteiger partial charge in [0.15, 0.2) is 0 Å². The van der Waals surface area contributed by atoms with Crippen LogP contribution in [0.4, 0.5) is 0 Å². The van der Waals surface area contributed by atoms with Gasteiger partial charge in [-0.2, -0.15) is 4.68 Å². The minimum absolute atomic E-state index is 0.244. The highest BCUT2D eigenvalue weighted by atomic mass is 35.5. The van der Waals surface area contributed by atoms with Crippen LogP contribution in [-0.2, 0) is 11.2 Å². The lowest BCUT2D eigenvalue weighted by Gasteiger charge is -2.16. The van der Waals surface area contributed by atoms with Gasteiger partial charge < -0.3 is 10.3 Å². The van der Waals surface area contributed by atoms with Crippen LogP contribution >= 0.6 is 23.2 Å². The zero-order chi connectivity index (χ0) is 25.6. The van der Waals surface area contributed by atoms with E-state index in [-0.39, 0.29) is 11.9 Å². The average Bonchev–Trinajstić information content (AvgIpc) is 3.56. The third-order valence-corrected chi connectivity index (χ3v) is 7.04. The second-order valence-corrected chi connectivity index (χ2v) is 9.91. The Balaban J connectivity index is 1.40. The Kier molecular flexibility index (Phi) is 7.96. The van der Waals surface area contributed by atoms with E-state index < -0.39 is 0 Å². The molecule has 1 aliphatic rings. The molecule has 10 heteroatoms. The largest absolute Gasteiger partial charge is 0.343 e. The van der Waals surface area contributed by atoms with Crippen LogP contribution in [0.5, 0.6) is 0 Å². The van der Waals surface area contributed by atoms with Crippen LogP contribution in [0, 0.1) is 0 Å². The van der Waals surface area contributed by atoms with Crippen LogP contribution in [0.15, 0.2) is 54.9 Å². The molecule has 3 heterocycles. The summed E-state index contributed by atoms with van der Waals surface area (Å²) >= 11 is 12.8. The zero-order valence-corrected chi connectivity index (χ0v) is 21.7. The number of H-pyrrole nitrogens is 1. The van der Waals surface area contributed by atoms with E-state index in [1.165, 1.54) is 35.5 Å². The van der Waals surface area contributed by atoms with E-state index in [4.69, 9.17) is 28.2 Å². The van der Waals surface area contributed by atoms with Crippen LogP contribution in [0.25, 0.3) is 23.0 Å². The number of hydrogen-bond donors (Lipinski definition) is 2. The first kappa shape index (κ1) is 25.2. The van der Waals surface area contributed by atoms with Gasteiger partial charge in [0.2, 0.25) is 5.91 Å². The molecule has 1 amide bonds. The maximum atomic E-state index is 13.0. The number of carbonyl (C=O) groups is 1. The summed E-state index contributed by atoms with van der Waals surface area (Å²) in [6.45, 7) is 0. The number of fused-ring (bicyclic) bond motifs is 4. The molecular weight excluding hydrogens is 509 g/mol. The maximum absolute atomic E-state index is 13.0. The lowest BCUT2D eigenvalue weighted by molar-refractivity contribution is -0.117. The van der Waals surface area contributed by atoms with Crippen molar-refractivity contribution in [2.24, 2.45) is 0 Å². The highest BCUT2D eigenvalue weighted by molar-refractivity contribution is 6.32. The third-order valence-electron chi connectivity index (χ3n) is 6.54. The van der Waals surface area contributed by atoms with Crippen molar-refractivity contribution >= 4 is 35.2 Å². The van der Waals surface area contributed by atoms with E-state index in [0.29, 0.717) is 27.3 Å². The van der Waals surface area contributed by atoms with Crippen molar-refractivity contribution in [3.63, 3.8) is 0 Å². The third kappa shape index (κ3) is 6.09. The molecule has 37 heavy (non-hydrogen) atoms. The number of aromatic amines is 1. The highest BCUT2D eigenvalue weighted by Crippen LogP contribution is 2.32. The van der Waals surface area contributed by atoms with Crippen molar-refractivity contribution in [2.45, 2.75) is 51.0 Å². The van der Waals surface area contributed by atoms with Gasteiger partial charge in [-0.15, -0.1) is 5.10 Å². The van der Waals surface area contributed by atoms with Gasteiger partial charge in [-0.1, -0.05) is 73.2 Å². The number of aryl methyl sites for hydroxylation is 1. The van der Waals surface area contributed by atoms with Gasteiger partial charge in [-0.25, -0.2) is 4.98 Å². The summed E-state index contributed by atoms with van der Waals surface area (Å²) in [5.41, 5.74) is 4.43. The molecule has 0 unspecified atom stereocenters. The molecule has 0 saturated heterocycles. The molecule has 8 nitrogen and oxygen atoms in total. The van der Waals surface area contributed by atoms with Crippen molar-refractivity contribution in [3.05, 3.63) is 82.0 Å². The smallest absolute Gasteiger partial charge is 0.244 e. The molecule has 0 fully saturated rings. The molecule has 190 valence electrons. The average molecular weight is 536 g/mol. The van der Waals surface area contributed by atoms with Crippen LogP contribution < -0.4 is 5.32 Å². The highest BCUT2D eigenvalue weighted by Gasteiger charge is 2.21. The SMILES string of the molecule is O=C(C=Cc1cc(Cl)ccc1-n1cnnn1)N[C@H]1CCCCCCCc2ccccc2-c2nc1[nH]c2Cl. The molecule has 1 atom stereocenters. The molecule has 0 spiro atoms. The number of amides is 1. The monoisotopic (exact) mass is 535 g/mol. The minimum atomic E-state index is -0.297. The Bertz CT molecular complexity index is 1400. The molecular formula is C27H27Cl2N7O. The molecule has 2 aromatic carbocycles. The number of rotatable bonds is 4. The molecule has 0 aliphatic carbocycles. The standard InChI is InChI=1S/C27H27Cl2N7O/c28-20-13-14-23(36-17-30-34-35-36)19(16-20)12-15-24(37)31-22-11-5-3-1-2-4-8-18-9-6-7-10-21(18)25-26(29)33-27(22)32-25/h6-7,9-10,12-17,22H,1-5,8,11H2,(H,31,37)(H,32,33)/t22-/m0/s1. The van der Waals surface area contributed by atoms with Crippen molar-refractivity contribution in [1.29, 1.82) is 0 Å². The second kappa shape index (κ2) is 11.7. The molecule has 2 bridgehead atoms. The van der Waals surface area contributed by atoms with Crippen molar-refractivity contribution in [3.8, 4) is 16.9 Å². The van der Waals surface area contributed by atoms with Crippen molar-refractivity contribution < 1.29 is 4.79 Å². The predicted octanol–water partition coefficient (Wildman–Crippen LogP) is 6.13. The lowest BCUT2D eigenvalue weighted by atomic mass is 9.99. The van der Waals surface area contributed by atoms with E-state index in [9.17, 15) is 4.79 Å². The van der Waals surface area contributed by atoms with Gasteiger partial charge in [0, 0.05) is 22.2 Å². The summed E-state index contributed by atoms with van der Waals surface area (Å²) in [6, 6.07) is 13.3. The predicted molar refractivity (Wildman–Crippen MR) is 145 cm³/mol. The van der Waals surface area contributed by atoms with Crippen LogP contribution in [-0.4, -0.2) is 36.1 Å². The number of tetrazole rings is 1. The van der Waals surface area contributed by atoms with Gasteiger partial charge in [-0.3, -0.25) is 4.79 Å².